The first-order valence-corrected chi connectivity index (χ1v) is 29.8. The van der Waals surface area contributed by atoms with Crippen LogP contribution in [0.2, 0.25) is 0 Å². The minimum atomic E-state index is -1.97. The second-order valence-electron chi connectivity index (χ2n) is 24.3. The Kier molecular flexibility index (Phi) is 22.6. The van der Waals surface area contributed by atoms with Crippen molar-refractivity contribution in [3.8, 4) is 11.1 Å². The van der Waals surface area contributed by atoms with E-state index in [-0.39, 0.29) is 38.1 Å². The first-order chi connectivity index (χ1) is 40.1. The number of nitrogens with zero attached hydrogens (tertiary/aromatic N) is 6. The Bertz CT molecular complexity index is 3060. The van der Waals surface area contributed by atoms with Gasteiger partial charge in [0.15, 0.2) is 12.1 Å². The molecule has 20 nitrogen and oxygen atoms in total. The zero-order valence-corrected chi connectivity index (χ0v) is 52.0. The van der Waals surface area contributed by atoms with Gasteiger partial charge in [-0.05, 0) is 106 Å². The fourth-order valence-electron chi connectivity index (χ4n) is 11.2. The molecule has 20 heteroatoms. The van der Waals surface area contributed by atoms with Crippen molar-refractivity contribution in [1.29, 1.82) is 0 Å². The van der Waals surface area contributed by atoms with Crippen LogP contribution in [-0.2, 0) is 60.7 Å². The van der Waals surface area contributed by atoms with Crippen molar-refractivity contribution in [2.24, 2.45) is 17.8 Å². The van der Waals surface area contributed by atoms with E-state index in [4.69, 9.17) is 4.74 Å². The molecule has 1 aromatic heterocycles. The van der Waals surface area contributed by atoms with Crippen molar-refractivity contribution in [1.82, 2.24) is 45.4 Å². The Balaban J connectivity index is 1.48. The predicted octanol–water partition coefficient (Wildman–Crippen LogP) is 5.31. The average Bonchev–Trinajstić information content (AvgIpc) is 4.24. The summed E-state index contributed by atoms with van der Waals surface area (Å²) in [6.45, 7) is 16.5. The van der Waals surface area contributed by atoms with Crippen LogP contribution < -0.4 is 16.0 Å². The molecular weight excluding hydrogens is 1080 g/mol. The molecule has 8 amide bonds. The van der Waals surface area contributed by atoms with Crippen LogP contribution >= 0.6 is 0 Å². The Morgan fingerprint density at radius 2 is 1.22 bits per heavy atom. The van der Waals surface area contributed by atoms with Gasteiger partial charge in [-0.3, -0.25) is 43.3 Å². The number of rotatable bonds is 12. The number of aromatic nitrogens is 1. The Labute approximate surface area is 500 Å². The fraction of sp³-hybridized carbons (Fsp3) is 0.538. The highest BCUT2D eigenvalue weighted by atomic mass is 16.6. The van der Waals surface area contributed by atoms with E-state index >= 15 is 9.59 Å². The molecule has 2 aliphatic heterocycles. The maximum Gasteiger partial charge on any atom is 0.332 e. The molecule has 4 aromatic rings. The topological polar surface area (TPSA) is 248 Å². The van der Waals surface area contributed by atoms with E-state index in [1.807, 2.05) is 81.4 Å². The van der Waals surface area contributed by atoms with Crippen molar-refractivity contribution >= 4 is 64.1 Å². The summed E-state index contributed by atoms with van der Waals surface area (Å²) < 4.78 is 6.03. The number of amides is 8. The Hall–Kier alpha value is -7.74. The van der Waals surface area contributed by atoms with Gasteiger partial charge in [-0.1, -0.05) is 115 Å². The number of carbonyl (C=O) groups excluding carboxylic acids is 9. The highest BCUT2D eigenvalue weighted by Crippen LogP contribution is 2.29. The summed E-state index contributed by atoms with van der Waals surface area (Å²) >= 11 is 0. The third kappa shape index (κ3) is 16.0. The van der Waals surface area contributed by atoms with E-state index in [1.165, 1.54) is 70.6 Å². The van der Waals surface area contributed by atoms with Crippen molar-refractivity contribution < 1.29 is 53.0 Å². The number of cyclic esters (lactones) is 1. The second kappa shape index (κ2) is 28.9. The van der Waals surface area contributed by atoms with Gasteiger partial charge >= 0.3 is 5.97 Å². The lowest BCUT2D eigenvalue weighted by Crippen LogP contribution is -2.62. The standard InChI is InChI=1S/C65H89N9O11/c1-15-39(5)53-62(81)70(11)41(7)56(75)67-49(33-38(3)4)60(79)73(14)55(65(9,10)84)64(83)85-54(40(6)16-2)63(82)71(12)42(8)57(76)68-50(35-43-23-18-17-19-24-43)59(78)72(13)52(61(80)74-32-22-28-51(74)58(77)69-53)36-44-25-20-26-45(34-44)46-29-30-48-47(37-46)27-21-31-66-48/h17-21,23-27,29-31,34,37-42,49-55,84H,15-16,22,28,32-33,35-36H2,1-14H3,(H,67,75)(H,68,76)(H,69,77)/t39?,40-,41+,42+,49?,50?,51?,52?,53?,54?,55?/m1/s1. The molecule has 2 aliphatic rings. The van der Waals surface area contributed by atoms with E-state index in [0.717, 1.165) is 31.8 Å². The van der Waals surface area contributed by atoms with Crippen LogP contribution in [0.3, 0.4) is 0 Å². The first-order valence-electron chi connectivity index (χ1n) is 29.8. The summed E-state index contributed by atoms with van der Waals surface area (Å²) in [4.78, 5) is 144. The van der Waals surface area contributed by atoms with Crippen LogP contribution in [0.4, 0.5) is 0 Å². The van der Waals surface area contributed by atoms with E-state index in [1.54, 1.807) is 51.2 Å². The summed E-state index contributed by atoms with van der Waals surface area (Å²) in [5.74, 6) is -7.82. The van der Waals surface area contributed by atoms with Gasteiger partial charge in [-0.2, -0.15) is 0 Å². The summed E-state index contributed by atoms with van der Waals surface area (Å²) in [7, 11) is 5.57. The number of hydrogen-bond donors (Lipinski definition) is 4. The van der Waals surface area contributed by atoms with Crippen LogP contribution in [0, 0.1) is 17.8 Å². The van der Waals surface area contributed by atoms with Gasteiger partial charge < -0.3 is 50.3 Å². The number of nitrogens with one attached hydrogen (secondary N) is 3. The summed E-state index contributed by atoms with van der Waals surface area (Å²) in [6.07, 6.45) is 1.66. The number of aliphatic hydroxyl groups is 1. The molecule has 4 N–H and O–H groups in total. The number of carbonyl (C=O) groups is 9. The third-order valence-corrected chi connectivity index (χ3v) is 17.1. The van der Waals surface area contributed by atoms with Crippen molar-refractivity contribution in [2.45, 2.75) is 174 Å². The van der Waals surface area contributed by atoms with Crippen molar-refractivity contribution in [2.75, 3.05) is 34.7 Å². The van der Waals surface area contributed by atoms with E-state index in [2.05, 4.69) is 20.9 Å². The van der Waals surface area contributed by atoms with E-state index < -0.39 is 125 Å². The molecule has 11 atom stereocenters. The van der Waals surface area contributed by atoms with Gasteiger partial charge in [-0.25, -0.2) is 4.79 Å². The van der Waals surface area contributed by atoms with E-state index in [0.29, 0.717) is 30.4 Å². The second-order valence-corrected chi connectivity index (χ2v) is 24.3. The molecule has 8 unspecified atom stereocenters. The van der Waals surface area contributed by atoms with Gasteiger partial charge in [0.05, 0.1) is 11.1 Å². The molecule has 460 valence electrons. The SMILES string of the molecule is CCC(C)C1NC(=O)C2CCCN2C(=O)C(Cc2cccc(-c3ccc4ncccc4c3)c2)N(C)C(=O)C(Cc2ccccc2)NC(=O)[C@H](C)N(C)C(=O)C([C@H](C)CC)OC(=O)C(C(C)(C)O)N(C)C(=O)C(CC(C)C)NC(=O)[C@H](C)N(C)C1=O. The first kappa shape index (κ1) is 66.4. The molecule has 85 heavy (non-hydrogen) atoms. The molecule has 3 heterocycles. The van der Waals surface area contributed by atoms with Crippen LogP contribution in [-0.4, -0.2) is 183 Å². The van der Waals surface area contributed by atoms with Gasteiger partial charge in [0, 0.05) is 65.1 Å². The summed E-state index contributed by atoms with van der Waals surface area (Å²) in [5, 5.41) is 21.2. The molecule has 2 fully saturated rings. The zero-order chi connectivity index (χ0) is 62.8. The largest absolute Gasteiger partial charge is 0.450 e. The highest BCUT2D eigenvalue weighted by Gasteiger charge is 2.47. The maximum absolute atomic E-state index is 15.6. The Morgan fingerprint density at radius 3 is 1.85 bits per heavy atom. The lowest BCUT2D eigenvalue weighted by molar-refractivity contribution is -0.177. The van der Waals surface area contributed by atoms with Crippen LogP contribution in [0.15, 0.2) is 91.1 Å². The number of fused-ring (bicyclic) bond motifs is 2. The third-order valence-electron chi connectivity index (χ3n) is 17.1. The van der Waals surface area contributed by atoms with Crippen LogP contribution in [0.25, 0.3) is 22.0 Å². The van der Waals surface area contributed by atoms with Crippen LogP contribution in [0.5, 0.6) is 0 Å². The molecule has 0 radical (unpaired) electrons. The number of hydrogen-bond acceptors (Lipinski definition) is 12. The molecule has 2 saturated heterocycles. The summed E-state index contributed by atoms with van der Waals surface area (Å²) in [6, 6.07) is 16.1. The lowest BCUT2D eigenvalue weighted by Gasteiger charge is -2.39. The van der Waals surface area contributed by atoms with Gasteiger partial charge in [0.2, 0.25) is 41.4 Å². The smallest absolute Gasteiger partial charge is 0.332 e. The normalized spacial score (nSPS) is 25.3. The number of benzene rings is 3. The van der Waals surface area contributed by atoms with Crippen molar-refractivity contribution in [3.05, 3.63) is 102 Å². The van der Waals surface area contributed by atoms with Gasteiger partial charge in [-0.15, -0.1) is 0 Å². The van der Waals surface area contributed by atoms with Crippen molar-refractivity contribution in [3.63, 3.8) is 0 Å². The minimum Gasteiger partial charge on any atom is -0.450 e. The highest BCUT2D eigenvalue weighted by molar-refractivity contribution is 5.99. The monoisotopic (exact) mass is 1170 g/mol. The number of likely N-dealkylation sites (N-methyl/N-ethyl adjacent to an activating group) is 4. The minimum absolute atomic E-state index is 0.0171. The molecule has 0 spiro atoms. The number of pyridine rings is 1. The summed E-state index contributed by atoms with van der Waals surface area (Å²) in [5.41, 5.74) is 1.95. The average molecular weight is 1170 g/mol. The van der Waals surface area contributed by atoms with Gasteiger partial charge in [0.1, 0.15) is 42.3 Å². The zero-order valence-electron chi connectivity index (χ0n) is 52.0. The van der Waals surface area contributed by atoms with Gasteiger partial charge in [0.25, 0.3) is 5.91 Å². The number of esters is 1. The lowest BCUT2D eigenvalue weighted by atomic mass is 9.94. The fourth-order valence-corrected chi connectivity index (χ4v) is 11.2. The molecule has 0 aliphatic carbocycles. The molecule has 3 aromatic carbocycles. The number of ether oxygens (including phenoxy) is 1. The van der Waals surface area contributed by atoms with Crippen LogP contribution in [0.1, 0.15) is 112 Å². The molecule has 0 bridgehead atoms. The van der Waals surface area contributed by atoms with E-state index in [9.17, 15) is 38.7 Å². The quantitative estimate of drug-likeness (QED) is 0.132. The Morgan fingerprint density at radius 1 is 0.624 bits per heavy atom. The maximum atomic E-state index is 15.6. The predicted molar refractivity (Wildman–Crippen MR) is 324 cm³/mol. The molecule has 0 saturated carbocycles. The molecule has 6 rings (SSSR count). The molecular formula is C65H89N9O11.